The van der Waals surface area contributed by atoms with Crippen LogP contribution in [0.1, 0.15) is 27.6 Å². The van der Waals surface area contributed by atoms with Crippen molar-refractivity contribution < 1.29 is 28.4 Å². The number of nitrogens with zero attached hydrogens (tertiary/aromatic N) is 3. The first-order valence-corrected chi connectivity index (χ1v) is 10.1. The van der Waals surface area contributed by atoms with E-state index in [9.17, 15) is 24.1 Å². The van der Waals surface area contributed by atoms with Gasteiger partial charge < -0.3 is 19.3 Å². The molecule has 0 radical (unpaired) electrons. The van der Waals surface area contributed by atoms with Crippen LogP contribution in [0.5, 0.6) is 5.75 Å². The molecule has 1 fully saturated rings. The zero-order chi connectivity index (χ0) is 23.3. The highest BCUT2D eigenvalue weighted by Crippen LogP contribution is 2.27. The van der Waals surface area contributed by atoms with Gasteiger partial charge in [0, 0.05) is 51.0 Å². The van der Waals surface area contributed by atoms with E-state index in [4.69, 9.17) is 9.47 Å². The Morgan fingerprint density at radius 2 is 1.81 bits per heavy atom. The maximum atomic E-state index is 14.5. The van der Waals surface area contributed by atoms with Crippen molar-refractivity contribution in [3.05, 3.63) is 63.5 Å². The van der Waals surface area contributed by atoms with Gasteiger partial charge in [0.15, 0.2) is 5.78 Å². The number of methoxy groups -OCH3 is 1. The third kappa shape index (κ3) is 5.20. The zero-order valence-corrected chi connectivity index (χ0v) is 17.9. The molecule has 10 heteroatoms. The number of rotatable bonds is 8. The number of Topliss-reactive ketones (excluding diaryl/α,β-unsaturated/α-hetero) is 1. The van der Waals surface area contributed by atoms with Gasteiger partial charge in [-0.25, -0.2) is 4.39 Å². The molecular weight excluding hydrogens is 421 g/mol. The molecule has 0 atom stereocenters. The topological polar surface area (TPSA) is 102 Å². The van der Waals surface area contributed by atoms with Gasteiger partial charge in [0.1, 0.15) is 18.2 Å². The van der Waals surface area contributed by atoms with Gasteiger partial charge in [-0.3, -0.25) is 19.7 Å². The summed E-state index contributed by atoms with van der Waals surface area (Å²) in [6.07, 6.45) is 0. The molecule has 9 nitrogen and oxygen atoms in total. The Morgan fingerprint density at radius 3 is 2.41 bits per heavy atom. The lowest BCUT2D eigenvalue weighted by atomic mass is 10.1. The second-order valence-corrected chi connectivity index (χ2v) is 7.28. The Hall–Kier alpha value is -3.53. The molecule has 3 rings (SSSR count). The second-order valence-electron chi connectivity index (χ2n) is 7.28. The third-order valence-electron chi connectivity index (χ3n) is 5.21. The van der Waals surface area contributed by atoms with Gasteiger partial charge in [-0.15, -0.1) is 0 Å². The van der Waals surface area contributed by atoms with E-state index in [-0.39, 0.29) is 29.4 Å². The molecule has 170 valence electrons. The molecule has 32 heavy (non-hydrogen) atoms. The minimum absolute atomic E-state index is 0.0979. The summed E-state index contributed by atoms with van der Waals surface area (Å²) in [5, 5.41) is 11.2. The number of anilines is 1. The van der Waals surface area contributed by atoms with Crippen LogP contribution < -0.4 is 9.64 Å². The van der Waals surface area contributed by atoms with Crippen molar-refractivity contribution in [2.45, 2.75) is 6.92 Å². The van der Waals surface area contributed by atoms with E-state index in [1.807, 2.05) is 0 Å². The summed E-state index contributed by atoms with van der Waals surface area (Å²) in [5.74, 6) is -0.865. The number of hydrogen-bond donors (Lipinski definition) is 0. The van der Waals surface area contributed by atoms with E-state index < -0.39 is 16.6 Å². The molecule has 0 spiro atoms. The monoisotopic (exact) mass is 445 g/mol. The smallest absolute Gasteiger partial charge is 0.270 e. The maximum Gasteiger partial charge on any atom is 0.270 e. The van der Waals surface area contributed by atoms with Crippen molar-refractivity contribution in [1.29, 1.82) is 0 Å². The molecule has 2 aromatic rings. The predicted molar refractivity (Wildman–Crippen MR) is 115 cm³/mol. The SMILES string of the molecule is COCCOc1ccc([N+](=O)[O-])cc1C(=O)N1CCN(c2ccc(C(C)=O)cc2F)CC1. The summed E-state index contributed by atoms with van der Waals surface area (Å²) in [5.41, 5.74) is 0.548. The number of benzene rings is 2. The molecule has 1 saturated heterocycles. The number of ether oxygens (including phenoxy) is 2. The fourth-order valence-corrected chi connectivity index (χ4v) is 3.46. The highest BCUT2D eigenvalue weighted by Gasteiger charge is 2.27. The third-order valence-corrected chi connectivity index (χ3v) is 5.21. The summed E-state index contributed by atoms with van der Waals surface area (Å²) >= 11 is 0. The quantitative estimate of drug-likeness (QED) is 0.266. The van der Waals surface area contributed by atoms with Crippen LogP contribution in [-0.2, 0) is 4.74 Å². The summed E-state index contributed by atoms with van der Waals surface area (Å²) in [6, 6.07) is 8.24. The summed E-state index contributed by atoms with van der Waals surface area (Å²) in [7, 11) is 1.52. The average Bonchev–Trinajstić information content (AvgIpc) is 2.79. The lowest BCUT2D eigenvalue weighted by molar-refractivity contribution is -0.384. The summed E-state index contributed by atoms with van der Waals surface area (Å²) in [4.78, 5) is 38.5. The first kappa shape index (κ1) is 23.1. The van der Waals surface area contributed by atoms with E-state index in [1.165, 1.54) is 38.3 Å². The molecule has 1 aliphatic rings. The molecule has 0 unspecified atom stereocenters. The Morgan fingerprint density at radius 1 is 1.09 bits per heavy atom. The van der Waals surface area contributed by atoms with Gasteiger partial charge in [0.05, 0.1) is 22.8 Å². The first-order chi connectivity index (χ1) is 15.3. The second kappa shape index (κ2) is 10.2. The average molecular weight is 445 g/mol. The lowest BCUT2D eigenvalue weighted by Gasteiger charge is -2.36. The molecular formula is C22H24FN3O6. The van der Waals surface area contributed by atoms with Crippen LogP contribution >= 0.6 is 0 Å². The maximum absolute atomic E-state index is 14.5. The molecule has 1 heterocycles. The van der Waals surface area contributed by atoms with Crippen molar-refractivity contribution in [3.63, 3.8) is 0 Å². The van der Waals surface area contributed by atoms with Gasteiger partial charge in [-0.2, -0.15) is 0 Å². The fourth-order valence-electron chi connectivity index (χ4n) is 3.46. The number of amides is 1. The molecule has 1 aliphatic heterocycles. The Bertz CT molecular complexity index is 1020. The standard InChI is InChI=1S/C22H24FN3O6/c1-15(27)16-3-5-20(19(23)13-16)24-7-9-25(10-8-24)22(28)18-14-17(26(29)30)4-6-21(18)32-12-11-31-2/h3-6,13-14H,7-12H2,1-2H3. The largest absolute Gasteiger partial charge is 0.490 e. The Balaban J connectivity index is 1.74. The molecule has 0 aliphatic carbocycles. The number of carbonyl (C=O) groups excluding carboxylic acids is 2. The molecule has 0 saturated carbocycles. The lowest BCUT2D eigenvalue weighted by Crippen LogP contribution is -2.49. The first-order valence-electron chi connectivity index (χ1n) is 10.1. The highest BCUT2D eigenvalue weighted by molar-refractivity contribution is 5.98. The number of piperazine rings is 1. The number of ketones is 1. The number of carbonyl (C=O) groups is 2. The van der Waals surface area contributed by atoms with Crippen LogP contribution in [0, 0.1) is 15.9 Å². The number of non-ortho nitro benzene ring substituents is 1. The summed E-state index contributed by atoms with van der Waals surface area (Å²) in [6.45, 7) is 3.21. The predicted octanol–water partition coefficient (Wildman–Crippen LogP) is 2.92. The Labute approximate surface area is 184 Å². The molecule has 1 amide bonds. The van der Waals surface area contributed by atoms with Crippen LogP contribution in [0.15, 0.2) is 36.4 Å². The van der Waals surface area contributed by atoms with Crippen molar-refractivity contribution in [2.75, 3.05) is 51.4 Å². The van der Waals surface area contributed by atoms with Gasteiger partial charge in [-0.05, 0) is 31.2 Å². The van der Waals surface area contributed by atoms with Crippen molar-refractivity contribution in [1.82, 2.24) is 4.90 Å². The van der Waals surface area contributed by atoms with Gasteiger partial charge in [0.25, 0.3) is 11.6 Å². The van der Waals surface area contributed by atoms with Crippen LogP contribution in [0.25, 0.3) is 0 Å². The van der Waals surface area contributed by atoms with E-state index in [1.54, 1.807) is 21.9 Å². The molecule has 0 N–H and O–H groups in total. The van der Waals surface area contributed by atoms with Crippen LogP contribution in [0.4, 0.5) is 15.8 Å². The van der Waals surface area contributed by atoms with Crippen molar-refractivity contribution >= 4 is 23.1 Å². The summed E-state index contributed by atoms with van der Waals surface area (Å²) < 4.78 is 25.0. The number of nitro groups is 1. The van der Waals surface area contributed by atoms with Crippen LogP contribution in [0.3, 0.4) is 0 Å². The van der Waals surface area contributed by atoms with E-state index in [0.717, 1.165) is 0 Å². The number of hydrogen-bond acceptors (Lipinski definition) is 7. The van der Waals surface area contributed by atoms with E-state index in [0.29, 0.717) is 44.0 Å². The normalized spacial score (nSPS) is 13.7. The minimum Gasteiger partial charge on any atom is -0.490 e. The molecule has 2 aromatic carbocycles. The van der Waals surface area contributed by atoms with Gasteiger partial charge in [-0.1, -0.05) is 0 Å². The minimum atomic E-state index is -0.568. The number of nitro benzene ring substituents is 1. The van der Waals surface area contributed by atoms with Crippen LogP contribution in [0.2, 0.25) is 0 Å². The Kier molecular flexibility index (Phi) is 7.37. The number of halogens is 1. The van der Waals surface area contributed by atoms with Crippen LogP contribution in [-0.4, -0.2) is 68.0 Å². The highest BCUT2D eigenvalue weighted by atomic mass is 19.1. The van der Waals surface area contributed by atoms with Crippen molar-refractivity contribution in [2.24, 2.45) is 0 Å². The van der Waals surface area contributed by atoms with Gasteiger partial charge in [0.2, 0.25) is 0 Å². The molecule has 0 aromatic heterocycles. The van der Waals surface area contributed by atoms with Gasteiger partial charge >= 0.3 is 0 Å². The van der Waals surface area contributed by atoms with E-state index >= 15 is 0 Å². The van der Waals surface area contributed by atoms with E-state index in [2.05, 4.69) is 0 Å². The van der Waals surface area contributed by atoms with Crippen molar-refractivity contribution in [3.8, 4) is 5.75 Å². The fraction of sp³-hybridized carbons (Fsp3) is 0.364. The zero-order valence-electron chi connectivity index (χ0n) is 17.9. The molecule has 0 bridgehead atoms.